The predicted molar refractivity (Wildman–Crippen MR) is 103 cm³/mol. The van der Waals surface area contributed by atoms with Gasteiger partial charge in [0.2, 0.25) is 10.0 Å². The number of rotatable bonds is 8. The zero-order valence-electron chi connectivity index (χ0n) is 15.8. The van der Waals surface area contributed by atoms with Gasteiger partial charge in [-0.1, -0.05) is 43.7 Å². The van der Waals surface area contributed by atoms with E-state index in [-0.39, 0.29) is 10.8 Å². The second-order valence-corrected chi connectivity index (χ2v) is 8.19. The summed E-state index contributed by atoms with van der Waals surface area (Å²) < 4.78 is 28.1. The van der Waals surface area contributed by atoms with Gasteiger partial charge < -0.3 is 9.88 Å². The molecule has 1 amide bonds. The standard InChI is InChI=1S/C19H27N3O3S/c1-5-22(6-2)26(24,25)17-13-18(21(4)14-17)19(23)20-11-10-16-9-7-8-15(3)12-16/h7-9,12-14H,5-6,10-11H2,1-4H3,(H,20,23). The summed E-state index contributed by atoms with van der Waals surface area (Å²) in [5, 5.41) is 2.86. The highest BCUT2D eigenvalue weighted by Gasteiger charge is 2.25. The van der Waals surface area contributed by atoms with Crippen LogP contribution in [0.25, 0.3) is 0 Å². The van der Waals surface area contributed by atoms with E-state index in [1.54, 1.807) is 25.5 Å². The van der Waals surface area contributed by atoms with Crippen molar-refractivity contribution in [3.63, 3.8) is 0 Å². The Morgan fingerprint density at radius 2 is 1.88 bits per heavy atom. The fourth-order valence-corrected chi connectivity index (χ4v) is 4.42. The van der Waals surface area contributed by atoms with E-state index in [9.17, 15) is 13.2 Å². The Labute approximate surface area is 155 Å². The Balaban J connectivity index is 2.07. The van der Waals surface area contributed by atoms with Crippen molar-refractivity contribution in [3.8, 4) is 0 Å². The fourth-order valence-electron chi connectivity index (χ4n) is 2.89. The van der Waals surface area contributed by atoms with Crippen LogP contribution in [0.2, 0.25) is 0 Å². The first-order valence-electron chi connectivity index (χ1n) is 8.79. The number of sulfonamides is 1. The van der Waals surface area contributed by atoms with Crippen molar-refractivity contribution >= 4 is 15.9 Å². The lowest BCUT2D eigenvalue weighted by atomic mass is 10.1. The van der Waals surface area contributed by atoms with Gasteiger partial charge in [0.25, 0.3) is 5.91 Å². The van der Waals surface area contributed by atoms with Gasteiger partial charge in [-0.15, -0.1) is 0 Å². The van der Waals surface area contributed by atoms with Crippen LogP contribution in [0.15, 0.2) is 41.4 Å². The van der Waals surface area contributed by atoms with Crippen molar-refractivity contribution in [2.24, 2.45) is 7.05 Å². The molecule has 0 radical (unpaired) electrons. The normalized spacial score (nSPS) is 11.7. The van der Waals surface area contributed by atoms with Crippen LogP contribution < -0.4 is 5.32 Å². The van der Waals surface area contributed by atoms with Crippen LogP contribution in [0.3, 0.4) is 0 Å². The Morgan fingerprint density at radius 1 is 1.19 bits per heavy atom. The molecule has 1 heterocycles. The molecule has 142 valence electrons. The molecular weight excluding hydrogens is 350 g/mol. The number of nitrogens with zero attached hydrogens (tertiary/aromatic N) is 2. The Morgan fingerprint density at radius 3 is 2.50 bits per heavy atom. The number of amides is 1. The van der Waals surface area contributed by atoms with Crippen molar-refractivity contribution in [1.29, 1.82) is 0 Å². The van der Waals surface area contributed by atoms with E-state index in [1.165, 1.54) is 22.1 Å². The van der Waals surface area contributed by atoms with Gasteiger partial charge in [-0.3, -0.25) is 4.79 Å². The van der Waals surface area contributed by atoms with Gasteiger partial charge in [0.1, 0.15) is 10.6 Å². The molecule has 1 aromatic heterocycles. The second-order valence-electron chi connectivity index (χ2n) is 6.26. The Bertz CT molecular complexity index is 868. The molecule has 0 spiro atoms. The number of nitrogens with one attached hydrogen (secondary N) is 1. The molecule has 0 aliphatic carbocycles. The highest BCUT2D eigenvalue weighted by atomic mass is 32.2. The largest absolute Gasteiger partial charge is 0.350 e. The first-order chi connectivity index (χ1) is 12.3. The Hall–Kier alpha value is -2.12. The van der Waals surface area contributed by atoms with Gasteiger partial charge in [0.15, 0.2) is 0 Å². The van der Waals surface area contributed by atoms with Crippen LogP contribution in [0.1, 0.15) is 35.5 Å². The molecule has 1 aromatic carbocycles. The molecule has 0 aliphatic rings. The molecule has 0 atom stereocenters. The number of benzene rings is 1. The number of carbonyl (C=O) groups is 1. The number of carbonyl (C=O) groups excluding carboxylic acids is 1. The number of hydrogen-bond donors (Lipinski definition) is 1. The van der Waals surface area contributed by atoms with Crippen molar-refractivity contribution in [2.75, 3.05) is 19.6 Å². The average Bonchev–Trinajstić information content (AvgIpc) is 2.98. The van der Waals surface area contributed by atoms with E-state index >= 15 is 0 Å². The number of aromatic nitrogens is 1. The minimum atomic E-state index is -3.57. The Kier molecular flexibility index (Phi) is 6.61. The lowest BCUT2D eigenvalue weighted by molar-refractivity contribution is 0.0946. The number of hydrogen-bond acceptors (Lipinski definition) is 3. The van der Waals surface area contributed by atoms with Gasteiger partial charge in [0, 0.05) is 32.9 Å². The third-order valence-electron chi connectivity index (χ3n) is 4.34. The fraction of sp³-hybridized carbons (Fsp3) is 0.421. The van der Waals surface area contributed by atoms with E-state index in [0.29, 0.717) is 25.3 Å². The molecule has 7 heteroatoms. The van der Waals surface area contributed by atoms with Crippen molar-refractivity contribution in [1.82, 2.24) is 14.2 Å². The van der Waals surface area contributed by atoms with Crippen LogP contribution in [0.4, 0.5) is 0 Å². The minimum Gasteiger partial charge on any atom is -0.350 e. The van der Waals surface area contributed by atoms with Crippen LogP contribution >= 0.6 is 0 Å². The molecular formula is C19H27N3O3S. The SMILES string of the molecule is CCN(CC)S(=O)(=O)c1cc(C(=O)NCCc2cccc(C)c2)n(C)c1. The zero-order chi connectivity index (χ0) is 19.3. The van der Waals surface area contributed by atoms with Crippen molar-refractivity contribution in [3.05, 3.63) is 53.3 Å². The molecule has 6 nitrogen and oxygen atoms in total. The molecule has 2 rings (SSSR count). The summed E-state index contributed by atoms with van der Waals surface area (Å²) in [5.41, 5.74) is 2.67. The molecule has 2 aromatic rings. The molecule has 0 aliphatic heterocycles. The maximum Gasteiger partial charge on any atom is 0.267 e. The van der Waals surface area contributed by atoms with Gasteiger partial charge in [-0.2, -0.15) is 4.31 Å². The molecule has 26 heavy (non-hydrogen) atoms. The third-order valence-corrected chi connectivity index (χ3v) is 6.35. The highest BCUT2D eigenvalue weighted by Crippen LogP contribution is 2.18. The predicted octanol–water partition coefficient (Wildman–Crippen LogP) is 2.34. The maximum atomic E-state index is 12.6. The van der Waals surface area contributed by atoms with Gasteiger partial charge >= 0.3 is 0 Å². The van der Waals surface area contributed by atoms with E-state index < -0.39 is 10.0 Å². The van der Waals surface area contributed by atoms with Crippen LogP contribution in [-0.4, -0.2) is 42.8 Å². The van der Waals surface area contributed by atoms with Crippen LogP contribution in [0.5, 0.6) is 0 Å². The monoisotopic (exact) mass is 377 g/mol. The summed E-state index contributed by atoms with van der Waals surface area (Å²) in [6.07, 6.45) is 2.21. The smallest absolute Gasteiger partial charge is 0.267 e. The lowest BCUT2D eigenvalue weighted by Gasteiger charge is -2.17. The number of aryl methyl sites for hydroxylation is 2. The summed E-state index contributed by atoms with van der Waals surface area (Å²) in [7, 11) is -1.89. The van der Waals surface area contributed by atoms with Gasteiger partial charge in [-0.05, 0) is 25.0 Å². The highest BCUT2D eigenvalue weighted by molar-refractivity contribution is 7.89. The average molecular weight is 378 g/mol. The van der Waals surface area contributed by atoms with Crippen LogP contribution in [0, 0.1) is 6.92 Å². The van der Waals surface area contributed by atoms with Crippen LogP contribution in [-0.2, 0) is 23.5 Å². The molecule has 0 saturated heterocycles. The first kappa shape index (κ1) is 20.2. The lowest BCUT2D eigenvalue weighted by Crippen LogP contribution is -2.30. The van der Waals surface area contributed by atoms with E-state index in [1.807, 2.05) is 25.1 Å². The quantitative estimate of drug-likeness (QED) is 0.767. The molecule has 0 saturated carbocycles. The summed E-state index contributed by atoms with van der Waals surface area (Å²) >= 11 is 0. The molecule has 0 unspecified atom stereocenters. The third kappa shape index (κ3) is 4.53. The molecule has 1 N–H and O–H groups in total. The second kappa shape index (κ2) is 8.51. The first-order valence-corrected chi connectivity index (χ1v) is 10.2. The minimum absolute atomic E-state index is 0.146. The van der Waals surface area contributed by atoms with Gasteiger partial charge in [-0.25, -0.2) is 8.42 Å². The molecule has 0 bridgehead atoms. The van der Waals surface area contributed by atoms with E-state index in [4.69, 9.17) is 0 Å². The van der Waals surface area contributed by atoms with E-state index in [0.717, 1.165) is 12.0 Å². The topological polar surface area (TPSA) is 71.4 Å². The zero-order valence-corrected chi connectivity index (χ0v) is 16.6. The summed E-state index contributed by atoms with van der Waals surface area (Å²) in [6, 6.07) is 9.58. The summed E-state index contributed by atoms with van der Waals surface area (Å²) in [5.74, 6) is -0.277. The summed E-state index contributed by atoms with van der Waals surface area (Å²) in [4.78, 5) is 12.6. The molecule has 0 fully saturated rings. The van der Waals surface area contributed by atoms with E-state index in [2.05, 4.69) is 11.4 Å². The van der Waals surface area contributed by atoms with Crippen molar-refractivity contribution < 1.29 is 13.2 Å². The maximum absolute atomic E-state index is 12.6. The van der Waals surface area contributed by atoms with Gasteiger partial charge in [0.05, 0.1) is 0 Å². The van der Waals surface area contributed by atoms with Crippen molar-refractivity contribution in [2.45, 2.75) is 32.1 Å². The summed E-state index contributed by atoms with van der Waals surface area (Å²) in [6.45, 7) is 6.90.